The number of carbonyl (C=O) groups excluding carboxylic acids is 3. The van der Waals surface area contributed by atoms with Crippen LogP contribution in [0.5, 0.6) is 11.5 Å². The zero-order chi connectivity index (χ0) is 40.0. The van der Waals surface area contributed by atoms with Gasteiger partial charge in [-0.1, -0.05) is 30.3 Å². The number of para-hydroxylation sites is 4. The van der Waals surface area contributed by atoms with Crippen LogP contribution in [-0.2, 0) is 9.59 Å². The maximum atomic E-state index is 12.5. The number of hydrogen-bond donors (Lipinski definition) is 4. The number of hydrogen-bond acceptors (Lipinski definition) is 10. The van der Waals surface area contributed by atoms with E-state index >= 15 is 0 Å². The number of piperidine rings is 2. The van der Waals surface area contributed by atoms with Gasteiger partial charge in [0.1, 0.15) is 11.5 Å². The molecule has 4 N–H and O–H groups in total. The molecular formula is C45H53N7O5. The van der Waals surface area contributed by atoms with Crippen LogP contribution in [-0.4, -0.2) is 98.0 Å². The number of methoxy groups -OCH3 is 2. The third-order valence-corrected chi connectivity index (χ3v) is 10.3. The van der Waals surface area contributed by atoms with Crippen LogP contribution in [0.3, 0.4) is 0 Å². The Balaban J connectivity index is 0.000000193. The number of ketones is 1. The molecule has 7 rings (SSSR count). The average Bonchev–Trinajstić information content (AvgIpc) is 3.23. The summed E-state index contributed by atoms with van der Waals surface area (Å²) in [6.07, 6.45) is 5.70. The molecule has 298 valence electrons. The number of amides is 2. The van der Waals surface area contributed by atoms with Gasteiger partial charge in [-0.05, 0) is 105 Å². The topological polar surface area (TPSA) is 137 Å². The third-order valence-electron chi connectivity index (χ3n) is 10.3. The van der Waals surface area contributed by atoms with Gasteiger partial charge in [0, 0.05) is 66.8 Å². The molecule has 2 aliphatic heterocycles. The van der Waals surface area contributed by atoms with E-state index in [1.807, 2.05) is 78.9 Å². The van der Waals surface area contributed by atoms with Crippen molar-refractivity contribution in [3.05, 3.63) is 115 Å². The monoisotopic (exact) mass is 771 g/mol. The number of aromatic nitrogens is 1. The van der Waals surface area contributed by atoms with Crippen LogP contribution in [0.2, 0.25) is 0 Å². The fourth-order valence-electron chi connectivity index (χ4n) is 7.19. The first-order chi connectivity index (χ1) is 27.8. The number of nitrogens with zero attached hydrogens (tertiary/aromatic N) is 3. The van der Waals surface area contributed by atoms with Crippen LogP contribution >= 0.6 is 0 Å². The highest BCUT2D eigenvalue weighted by Crippen LogP contribution is 2.27. The van der Waals surface area contributed by atoms with Crippen LogP contribution in [0.15, 0.2) is 109 Å². The van der Waals surface area contributed by atoms with Crippen molar-refractivity contribution < 1.29 is 23.9 Å². The van der Waals surface area contributed by atoms with Crippen LogP contribution in [0.4, 0.5) is 22.7 Å². The highest BCUT2D eigenvalue weighted by molar-refractivity contribution is 5.96. The summed E-state index contributed by atoms with van der Waals surface area (Å²) >= 11 is 0. The molecule has 0 unspecified atom stereocenters. The lowest BCUT2D eigenvalue weighted by Gasteiger charge is -2.32. The lowest BCUT2D eigenvalue weighted by atomic mass is 10.0. The van der Waals surface area contributed by atoms with Crippen molar-refractivity contribution in [2.45, 2.75) is 44.7 Å². The lowest BCUT2D eigenvalue weighted by molar-refractivity contribution is -0.118. The SMILES string of the molecule is COc1ccccc1NC1CCN(CC(=O)Nc2ccc(C(C)=O)cc2)CC1.COc1ccccc1NC1CCN(CC(=O)Nc2ccc3ncccc3c2)CC1. The van der Waals surface area contributed by atoms with Crippen LogP contribution in [0, 0.1) is 0 Å². The number of pyridine rings is 1. The Morgan fingerprint density at radius 2 is 1.12 bits per heavy atom. The molecule has 2 aliphatic rings. The number of nitrogens with one attached hydrogen (secondary N) is 4. The minimum absolute atomic E-state index is 0.0162. The number of ether oxygens (including phenoxy) is 2. The second kappa shape index (κ2) is 20.3. The number of anilines is 4. The predicted octanol–water partition coefficient (Wildman–Crippen LogP) is 7.17. The van der Waals surface area contributed by atoms with Gasteiger partial charge in [-0.25, -0.2) is 0 Å². The molecule has 0 spiro atoms. The van der Waals surface area contributed by atoms with Crippen molar-refractivity contribution in [1.82, 2.24) is 14.8 Å². The Morgan fingerprint density at radius 1 is 0.632 bits per heavy atom. The number of carbonyl (C=O) groups is 3. The molecule has 5 aromatic rings. The van der Waals surface area contributed by atoms with E-state index < -0.39 is 0 Å². The fraction of sp³-hybridized carbons (Fsp3) is 0.333. The summed E-state index contributed by atoms with van der Waals surface area (Å²) in [5.74, 6) is 1.71. The van der Waals surface area contributed by atoms with Crippen molar-refractivity contribution >= 4 is 51.3 Å². The second-order valence-electron chi connectivity index (χ2n) is 14.4. The van der Waals surface area contributed by atoms with Gasteiger partial charge in [-0.2, -0.15) is 0 Å². The van der Waals surface area contributed by atoms with Crippen molar-refractivity contribution in [1.29, 1.82) is 0 Å². The highest BCUT2D eigenvalue weighted by atomic mass is 16.5. The van der Waals surface area contributed by atoms with Crippen molar-refractivity contribution in [2.75, 3.05) is 74.8 Å². The molecule has 2 saturated heterocycles. The Morgan fingerprint density at radius 3 is 1.63 bits per heavy atom. The average molecular weight is 772 g/mol. The molecule has 57 heavy (non-hydrogen) atoms. The summed E-state index contributed by atoms with van der Waals surface area (Å²) in [4.78, 5) is 44.8. The van der Waals surface area contributed by atoms with Crippen LogP contribution < -0.4 is 30.7 Å². The molecule has 0 aliphatic carbocycles. The molecule has 2 amide bonds. The summed E-state index contributed by atoms with van der Waals surface area (Å²) in [7, 11) is 3.36. The maximum absolute atomic E-state index is 12.5. The number of benzene rings is 4. The van der Waals surface area contributed by atoms with Crippen molar-refractivity contribution in [2.24, 2.45) is 0 Å². The first kappa shape index (κ1) is 40.7. The molecule has 0 bridgehead atoms. The van der Waals surface area contributed by atoms with Gasteiger partial charge in [0.05, 0.1) is 44.2 Å². The molecule has 0 radical (unpaired) electrons. The van der Waals surface area contributed by atoms with Gasteiger partial charge >= 0.3 is 0 Å². The Bertz CT molecular complexity index is 2090. The molecule has 0 saturated carbocycles. The summed E-state index contributed by atoms with van der Waals surface area (Å²) in [5, 5.41) is 14.0. The summed E-state index contributed by atoms with van der Waals surface area (Å²) in [5.41, 5.74) is 5.12. The van der Waals surface area contributed by atoms with Crippen LogP contribution in [0.1, 0.15) is 43.0 Å². The quantitative estimate of drug-likeness (QED) is 0.0913. The van der Waals surface area contributed by atoms with E-state index in [1.54, 1.807) is 44.7 Å². The molecule has 3 heterocycles. The first-order valence-electron chi connectivity index (χ1n) is 19.6. The molecule has 2 fully saturated rings. The van der Waals surface area contributed by atoms with E-state index in [1.165, 1.54) is 6.92 Å². The Labute approximate surface area is 334 Å². The molecule has 0 atom stereocenters. The smallest absolute Gasteiger partial charge is 0.238 e. The first-order valence-corrected chi connectivity index (χ1v) is 19.6. The molecular weight excluding hydrogens is 719 g/mol. The predicted molar refractivity (Wildman–Crippen MR) is 228 cm³/mol. The summed E-state index contributed by atoms with van der Waals surface area (Å²) < 4.78 is 10.8. The number of rotatable bonds is 13. The van der Waals surface area contributed by atoms with Crippen molar-refractivity contribution in [3.63, 3.8) is 0 Å². The van der Waals surface area contributed by atoms with Crippen LogP contribution in [0.25, 0.3) is 10.9 Å². The molecule has 12 heteroatoms. The number of Topliss-reactive ketones (excluding diaryl/α,β-unsaturated/α-hetero) is 1. The Kier molecular flexibility index (Phi) is 14.5. The zero-order valence-corrected chi connectivity index (χ0v) is 33.0. The largest absolute Gasteiger partial charge is 0.495 e. The third kappa shape index (κ3) is 12.0. The van der Waals surface area contributed by atoms with E-state index in [0.717, 1.165) is 91.3 Å². The molecule has 12 nitrogen and oxygen atoms in total. The second-order valence-corrected chi connectivity index (χ2v) is 14.4. The van der Waals surface area contributed by atoms with Crippen molar-refractivity contribution in [3.8, 4) is 11.5 Å². The minimum Gasteiger partial charge on any atom is -0.495 e. The Hall–Kier alpha value is -5.98. The van der Waals surface area contributed by atoms with Gasteiger partial charge in [0.15, 0.2) is 5.78 Å². The van der Waals surface area contributed by atoms with Gasteiger partial charge in [-0.3, -0.25) is 29.2 Å². The lowest BCUT2D eigenvalue weighted by Crippen LogP contribution is -2.42. The summed E-state index contributed by atoms with van der Waals surface area (Å²) in [6.45, 7) is 5.82. The molecule has 1 aromatic heterocycles. The number of likely N-dealkylation sites (tertiary alicyclic amines) is 2. The van der Waals surface area contributed by atoms with Gasteiger partial charge in [0.2, 0.25) is 11.8 Å². The summed E-state index contributed by atoms with van der Waals surface area (Å²) in [6, 6.07) is 33.3. The van der Waals surface area contributed by atoms with E-state index in [2.05, 4.69) is 36.1 Å². The van der Waals surface area contributed by atoms with Gasteiger partial charge in [0.25, 0.3) is 0 Å². The maximum Gasteiger partial charge on any atom is 0.238 e. The molecule has 4 aromatic carbocycles. The van der Waals surface area contributed by atoms with E-state index in [4.69, 9.17) is 9.47 Å². The fourth-order valence-corrected chi connectivity index (χ4v) is 7.19. The van der Waals surface area contributed by atoms with E-state index in [0.29, 0.717) is 36.4 Å². The van der Waals surface area contributed by atoms with E-state index in [-0.39, 0.29) is 17.6 Å². The van der Waals surface area contributed by atoms with E-state index in [9.17, 15) is 14.4 Å². The minimum atomic E-state index is -0.0355. The normalized spacial score (nSPS) is 15.1. The zero-order valence-electron chi connectivity index (χ0n) is 33.0. The standard InChI is InChI=1S/C23H26N4O2.C22H27N3O3/c1-29-22-7-3-2-6-21(22)25-18-10-13-27(14-11-18)16-23(28)26-19-8-9-20-17(15-19)5-4-12-24-20;1-16(26)17-7-9-18(10-8-17)24-22(27)15-25-13-11-19(12-14-25)23-20-5-3-4-6-21(20)28-2/h2-9,12,15,18,25H,10-11,13-14,16H2,1H3,(H,26,28);3-10,19,23H,11-15H2,1-2H3,(H,24,27). The highest BCUT2D eigenvalue weighted by Gasteiger charge is 2.23. The van der Waals surface area contributed by atoms with Gasteiger partial charge < -0.3 is 30.7 Å². The number of fused-ring (bicyclic) bond motifs is 1. The van der Waals surface area contributed by atoms with Gasteiger partial charge in [-0.15, -0.1) is 0 Å².